The van der Waals surface area contributed by atoms with Gasteiger partial charge in [0.2, 0.25) is 0 Å². The highest BCUT2D eigenvalue weighted by Gasteiger charge is 2.36. The highest BCUT2D eigenvalue weighted by molar-refractivity contribution is 5.22. The lowest BCUT2D eigenvalue weighted by atomic mass is 9.75. The van der Waals surface area contributed by atoms with Gasteiger partial charge in [-0.3, -0.25) is 0 Å². The first-order valence-corrected chi connectivity index (χ1v) is 10.9. The van der Waals surface area contributed by atoms with Crippen LogP contribution >= 0.6 is 0 Å². The Morgan fingerprint density at radius 1 is 0.786 bits per heavy atom. The van der Waals surface area contributed by atoms with Crippen LogP contribution in [-0.2, 0) is 9.47 Å². The molecule has 3 fully saturated rings. The fourth-order valence-electron chi connectivity index (χ4n) is 5.42. The predicted molar refractivity (Wildman–Crippen MR) is 106 cm³/mol. The third kappa shape index (κ3) is 4.49. The number of benzene rings is 1. The van der Waals surface area contributed by atoms with E-state index >= 15 is 0 Å². The summed E-state index contributed by atoms with van der Waals surface area (Å²) in [5.74, 6) is 1.16. The molecule has 1 aromatic carbocycles. The Morgan fingerprint density at radius 3 is 2.04 bits per heavy atom. The van der Waals surface area contributed by atoms with Crippen LogP contribution < -0.4 is 0 Å². The summed E-state index contributed by atoms with van der Waals surface area (Å²) in [4.78, 5) is 0. The number of ether oxygens (including phenoxy) is 2. The predicted octanol–water partition coefficient (Wildman–Crippen LogP) is 6.22. The van der Waals surface area contributed by atoms with Crippen LogP contribution in [0.15, 0.2) is 30.9 Å². The van der Waals surface area contributed by atoms with E-state index in [1.54, 1.807) is 6.07 Å². The van der Waals surface area contributed by atoms with E-state index in [0.717, 1.165) is 50.4 Å². The van der Waals surface area contributed by atoms with Crippen molar-refractivity contribution in [2.24, 2.45) is 23.7 Å². The van der Waals surface area contributed by atoms with E-state index in [0.29, 0.717) is 23.7 Å². The van der Waals surface area contributed by atoms with Gasteiger partial charge in [-0.15, -0.1) is 6.58 Å². The SMILES string of the molecule is C=C[C@H]1CC[C@H]([C@H]2CO[C@H]([C@H]3CC[C@H](c4ccc(F)c(F)c4)CC3)OC2)CC1. The zero-order valence-electron chi connectivity index (χ0n) is 16.6. The lowest BCUT2D eigenvalue weighted by Gasteiger charge is -2.41. The van der Waals surface area contributed by atoms with Crippen molar-refractivity contribution >= 4 is 0 Å². The zero-order chi connectivity index (χ0) is 19.5. The summed E-state index contributed by atoms with van der Waals surface area (Å²) in [7, 11) is 0. The van der Waals surface area contributed by atoms with Gasteiger partial charge < -0.3 is 9.47 Å². The van der Waals surface area contributed by atoms with Crippen LogP contribution in [-0.4, -0.2) is 19.5 Å². The minimum Gasteiger partial charge on any atom is -0.352 e. The van der Waals surface area contributed by atoms with E-state index in [2.05, 4.69) is 12.7 Å². The molecule has 4 heteroatoms. The number of hydrogen-bond donors (Lipinski definition) is 0. The number of halogens is 2. The minimum absolute atomic E-state index is 0.0910. The van der Waals surface area contributed by atoms with Gasteiger partial charge in [-0.25, -0.2) is 8.78 Å². The van der Waals surface area contributed by atoms with Crippen molar-refractivity contribution in [1.29, 1.82) is 0 Å². The Labute approximate surface area is 167 Å². The molecule has 0 atom stereocenters. The average Bonchev–Trinajstić information content (AvgIpc) is 2.76. The topological polar surface area (TPSA) is 18.5 Å². The van der Waals surface area contributed by atoms with Crippen molar-refractivity contribution in [2.75, 3.05) is 13.2 Å². The summed E-state index contributed by atoms with van der Waals surface area (Å²) < 4.78 is 39.0. The molecule has 0 spiro atoms. The van der Waals surface area contributed by atoms with Crippen molar-refractivity contribution in [3.8, 4) is 0 Å². The van der Waals surface area contributed by atoms with Gasteiger partial charge in [-0.05, 0) is 86.8 Å². The van der Waals surface area contributed by atoms with E-state index in [1.807, 2.05) is 0 Å². The molecule has 154 valence electrons. The Balaban J connectivity index is 1.23. The van der Waals surface area contributed by atoms with Gasteiger partial charge >= 0.3 is 0 Å². The Kier molecular flexibility index (Phi) is 6.47. The van der Waals surface area contributed by atoms with Crippen LogP contribution in [0.1, 0.15) is 62.8 Å². The van der Waals surface area contributed by atoms with Crippen molar-refractivity contribution in [3.63, 3.8) is 0 Å². The van der Waals surface area contributed by atoms with Gasteiger partial charge in [0, 0.05) is 11.8 Å². The Bertz CT molecular complexity index is 653. The molecule has 2 aliphatic carbocycles. The van der Waals surface area contributed by atoms with Crippen LogP contribution in [0, 0.1) is 35.3 Å². The first-order chi connectivity index (χ1) is 13.6. The summed E-state index contributed by atoms with van der Waals surface area (Å²) in [5, 5.41) is 0. The second-order valence-corrected chi connectivity index (χ2v) is 8.99. The highest BCUT2D eigenvalue weighted by atomic mass is 19.2. The van der Waals surface area contributed by atoms with E-state index in [1.165, 1.54) is 37.8 Å². The third-order valence-electron chi connectivity index (χ3n) is 7.34. The second-order valence-electron chi connectivity index (χ2n) is 8.99. The number of allylic oxidation sites excluding steroid dienone is 1. The number of rotatable bonds is 4. The maximum Gasteiger partial charge on any atom is 0.160 e. The van der Waals surface area contributed by atoms with Crippen molar-refractivity contribution in [1.82, 2.24) is 0 Å². The summed E-state index contributed by atoms with van der Waals surface area (Å²) >= 11 is 0. The molecule has 0 radical (unpaired) electrons. The van der Waals surface area contributed by atoms with Crippen molar-refractivity contribution < 1.29 is 18.3 Å². The van der Waals surface area contributed by atoms with Gasteiger partial charge in [-0.2, -0.15) is 0 Å². The molecule has 4 rings (SSSR count). The highest BCUT2D eigenvalue weighted by Crippen LogP contribution is 2.41. The van der Waals surface area contributed by atoms with Crippen LogP contribution in [0.4, 0.5) is 8.78 Å². The fourth-order valence-corrected chi connectivity index (χ4v) is 5.42. The standard InChI is InChI=1S/C24H32F2O2/c1-2-16-3-5-18(6-4-16)21-14-27-24(28-15-21)19-9-7-17(8-10-19)20-11-12-22(25)23(26)13-20/h2,11-13,16-19,21,24H,1,3-10,14-15H2/t16-,17-,18-,19-,21-,24-. The first kappa shape index (κ1) is 20.0. The van der Waals surface area contributed by atoms with Crippen molar-refractivity contribution in [3.05, 3.63) is 48.1 Å². The number of hydrogen-bond acceptors (Lipinski definition) is 2. The molecule has 3 aliphatic rings. The molecule has 0 amide bonds. The first-order valence-electron chi connectivity index (χ1n) is 10.9. The molecule has 1 heterocycles. The second kappa shape index (κ2) is 9.04. The third-order valence-corrected chi connectivity index (χ3v) is 7.34. The van der Waals surface area contributed by atoms with Crippen LogP contribution in [0.25, 0.3) is 0 Å². The molecule has 1 aliphatic heterocycles. The lowest BCUT2D eigenvalue weighted by Crippen LogP contribution is -2.41. The maximum absolute atomic E-state index is 13.5. The normalized spacial score (nSPS) is 36.8. The van der Waals surface area contributed by atoms with Gasteiger partial charge in [0.15, 0.2) is 17.9 Å². The molecule has 0 aromatic heterocycles. The molecule has 0 unspecified atom stereocenters. The maximum atomic E-state index is 13.5. The molecule has 1 aromatic rings. The molecule has 0 N–H and O–H groups in total. The van der Waals surface area contributed by atoms with E-state index in [4.69, 9.17) is 9.47 Å². The molecule has 2 nitrogen and oxygen atoms in total. The quantitative estimate of drug-likeness (QED) is 0.568. The van der Waals surface area contributed by atoms with Gasteiger partial charge in [0.05, 0.1) is 13.2 Å². The Hall–Kier alpha value is -1.26. The summed E-state index contributed by atoms with van der Waals surface area (Å²) in [5.41, 5.74) is 0.915. The van der Waals surface area contributed by atoms with E-state index in [-0.39, 0.29) is 6.29 Å². The van der Waals surface area contributed by atoms with Gasteiger partial charge in [0.1, 0.15) is 0 Å². The van der Waals surface area contributed by atoms with Crippen LogP contribution in [0.2, 0.25) is 0 Å². The molecule has 2 saturated carbocycles. The Morgan fingerprint density at radius 2 is 1.43 bits per heavy atom. The monoisotopic (exact) mass is 390 g/mol. The van der Waals surface area contributed by atoms with Gasteiger partial charge in [0.25, 0.3) is 0 Å². The summed E-state index contributed by atoms with van der Waals surface area (Å²) in [6.07, 6.45) is 11.0. The minimum atomic E-state index is -0.769. The van der Waals surface area contributed by atoms with Crippen LogP contribution in [0.3, 0.4) is 0 Å². The zero-order valence-corrected chi connectivity index (χ0v) is 16.6. The average molecular weight is 391 g/mol. The van der Waals surface area contributed by atoms with Crippen molar-refractivity contribution in [2.45, 2.75) is 63.6 Å². The van der Waals surface area contributed by atoms with Crippen LogP contribution in [0.5, 0.6) is 0 Å². The fraction of sp³-hybridized carbons (Fsp3) is 0.667. The molecule has 0 bridgehead atoms. The smallest absolute Gasteiger partial charge is 0.160 e. The molecule has 28 heavy (non-hydrogen) atoms. The molecular formula is C24H32F2O2. The summed E-state index contributed by atoms with van der Waals surface area (Å²) in [6, 6.07) is 4.33. The van der Waals surface area contributed by atoms with E-state index in [9.17, 15) is 8.78 Å². The largest absolute Gasteiger partial charge is 0.352 e. The van der Waals surface area contributed by atoms with Gasteiger partial charge in [-0.1, -0.05) is 12.1 Å². The summed E-state index contributed by atoms with van der Waals surface area (Å²) in [6.45, 7) is 5.57. The molecule has 1 saturated heterocycles. The molecular weight excluding hydrogens is 358 g/mol. The lowest BCUT2D eigenvalue weighted by molar-refractivity contribution is -0.236. The van der Waals surface area contributed by atoms with E-state index < -0.39 is 11.6 Å².